The normalized spacial score (nSPS) is 11.8. The third-order valence-electron chi connectivity index (χ3n) is 5.57. The van der Waals surface area contributed by atoms with E-state index >= 15 is 0 Å². The van der Waals surface area contributed by atoms with Crippen LogP contribution in [0.3, 0.4) is 0 Å². The molecular formula is C23H20ClN7O3S. The lowest BCUT2D eigenvalue weighted by Crippen LogP contribution is -2.24. The molecule has 178 valence electrons. The number of nitrogens with one attached hydrogen (secondary N) is 2. The molecule has 0 aliphatic rings. The molecule has 35 heavy (non-hydrogen) atoms. The highest BCUT2D eigenvalue weighted by atomic mass is 35.5. The van der Waals surface area contributed by atoms with Gasteiger partial charge in [-0.15, -0.1) is 0 Å². The van der Waals surface area contributed by atoms with Crippen molar-refractivity contribution in [3.8, 4) is 0 Å². The molecule has 3 aromatic heterocycles. The van der Waals surface area contributed by atoms with E-state index in [-0.39, 0.29) is 17.0 Å². The summed E-state index contributed by atoms with van der Waals surface area (Å²) in [5.74, 6) is -0.176. The molecular weight excluding hydrogens is 490 g/mol. The minimum Gasteiger partial charge on any atom is -0.382 e. The van der Waals surface area contributed by atoms with Crippen LogP contribution in [0, 0.1) is 0 Å². The Morgan fingerprint density at radius 1 is 1.17 bits per heavy atom. The van der Waals surface area contributed by atoms with E-state index in [1.165, 1.54) is 18.5 Å². The van der Waals surface area contributed by atoms with Crippen LogP contribution in [0.5, 0.6) is 0 Å². The molecule has 12 heteroatoms. The number of rotatable bonds is 6. The Bertz CT molecular complexity index is 1710. The summed E-state index contributed by atoms with van der Waals surface area (Å²) in [5, 5.41) is 4.21. The van der Waals surface area contributed by atoms with Crippen LogP contribution in [0.4, 0.5) is 5.82 Å². The highest BCUT2D eigenvalue weighted by molar-refractivity contribution is 7.90. The van der Waals surface area contributed by atoms with Gasteiger partial charge in [0, 0.05) is 22.4 Å². The second kappa shape index (κ2) is 8.67. The van der Waals surface area contributed by atoms with Crippen molar-refractivity contribution in [3.05, 3.63) is 77.0 Å². The highest BCUT2D eigenvalue weighted by Crippen LogP contribution is 2.27. The Morgan fingerprint density at radius 3 is 2.77 bits per heavy atom. The summed E-state index contributed by atoms with van der Waals surface area (Å²) >= 11 is 6.37. The maximum Gasteiger partial charge on any atom is 0.252 e. The number of amides is 1. The summed E-state index contributed by atoms with van der Waals surface area (Å²) in [6.45, 7) is 0.596. The summed E-state index contributed by atoms with van der Waals surface area (Å²) in [5.41, 5.74) is 9.59. The molecule has 0 saturated carbocycles. The number of sulfone groups is 1. The van der Waals surface area contributed by atoms with Gasteiger partial charge in [0.15, 0.2) is 21.3 Å². The van der Waals surface area contributed by atoms with Crippen molar-refractivity contribution in [1.29, 1.82) is 0 Å². The molecule has 0 spiro atoms. The van der Waals surface area contributed by atoms with E-state index < -0.39 is 15.7 Å². The Balaban J connectivity index is 1.42. The predicted octanol–water partition coefficient (Wildman–Crippen LogP) is 2.92. The SMILES string of the molecule is CS(=O)(=O)c1ccccc1C(=O)NCc1cc2cc(Cl)cc(Cn3cnc4c(N)ncnc43)c2[nH]1. The number of imidazole rings is 1. The standard InChI is InChI=1S/C23H20ClN7O3S/c1-35(33,34)18-5-3-2-4-17(18)23(32)26-9-16-8-13-6-15(24)7-14(19(13)30-16)10-31-12-29-20-21(25)27-11-28-22(20)31/h2-8,11-12,30H,9-10H2,1H3,(H,26,32)(H2,25,27,28). The van der Waals surface area contributed by atoms with Gasteiger partial charge in [0.2, 0.25) is 0 Å². The first-order chi connectivity index (χ1) is 16.7. The molecule has 2 aromatic carbocycles. The molecule has 5 rings (SSSR count). The molecule has 4 N–H and O–H groups in total. The lowest BCUT2D eigenvalue weighted by Gasteiger charge is -2.08. The summed E-state index contributed by atoms with van der Waals surface area (Å²) in [4.78, 5) is 28.6. The van der Waals surface area contributed by atoms with Gasteiger partial charge in [-0.1, -0.05) is 23.7 Å². The van der Waals surface area contributed by atoms with Crippen molar-refractivity contribution < 1.29 is 13.2 Å². The maximum absolute atomic E-state index is 12.7. The van der Waals surface area contributed by atoms with Gasteiger partial charge in [-0.2, -0.15) is 0 Å². The van der Waals surface area contributed by atoms with Crippen molar-refractivity contribution in [2.45, 2.75) is 18.0 Å². The summed E-state index contributed by atoms with van der Waals surface area (Å²) < 4.78 is 25.9. The molecule has 0 bridgehead atoms. The minimum absolute atomic E-state index is 0.0137. The number of nitrogens with zero attached hydrogens (tertiary/aromatic N) is 4. The smallest absolute Gasteiger partial charge is 0.252 e. The molecule has 0 saturated heterocycles. The molecule has 0 fully saturated rings. The van der Waals surface area contributed by atoms with Gasteiger partial charge in [-0.3, -0.25) is 4.79 Å². The third kappa shape index (κ3) is 4.43. The van der Waals surface area contributed by atoms with Crippen LogP contribution < -0.4 is 11.1 Å². The number of fused-ring (bicyclic) bond motifs is 2. The van der Waals surface area contributed by atoms with Crippen molar-refractivity contribution in [1.82, 2.24) is 29.8 Å². The van der Waals surface area contributed by atoms with Crippen molar-refractivity contribution in [2.75, 3.05) is 12.0 Å². The van der Waals surface area contributed by atoms with Crippen molar-refractivity contribution in [3.63, 3.8) is 0 Å². The van der Waals surface area contributed by atoms with Crippen LogP contribution in [0.2, 0.25) is 5.02 Å². The zero-order chi connectivity index (χ0) is 24.7. The van der Waals surface area contributed by atoms with Crippen molar-refractivity contribution in [2.24, 2.45) is 0 Å². The molecule has 0 atom stereocenters. The molecule has 0 radical (unpaired) electrons. The zero-order valence-corrected chi connectivity index (χ0v) is 20.1. The Morgan fingerprint density at radius 2 is 1.97 bits per heavy atom. The fourth-order valence-corrected chi connectivity index (χ4v) is 5.14. The summed E-state index contributed by atoms with van der Waals surface area (Å²) in [7, 11) is -3.54. The number of benzene rings is 2. The largest absolute Gasteiger partial charge is 0.382 e. The Hall–Kier alpha value is -3.96. The number of carbonyl (C=O) groups excluding carboxylic acids is 1. The average molecular weight is 510 g/mol. The number of hydrogen-bond acceptors (Lipinski definition) is 7. The number of nitrogen functional groups attached to an aromatic ring is 1. The number of aromatic amines is 1. The van der Waals surface area contributed by atoms with Crippen LogP contribution in [0.1, 0.15) is 21.6 Å². The fraction of sp³-hybridized carbons (Fsp3) is 0.130. The van der Waals surface area contributed by atoms with E-state index in [9.17, 15) is 13.2 Å². The van der Waals surface area contributed by atoms with Gasteiger partial charge in [0.25, 0.3) is 5.91 Å². The number of hydrogen-bond donors (Lipinski definition) is 3. The van der Waals surface area contributed by atoms with Gasteiger partial charge < -0.3 is 20.6 Å². The van der Waals surface area contributed by atoms with Crippen LogP contribution in [-0.4, -0.2) is 45.1 Å². The topological polar surface area (TPSA) is 149 Å². The van der Waals surface area contributed by atoms with E-state index in [1.54, 1.807) is 18.5 Å². The first-order valence-corrected chi connectivity index (χ1v) is 12.8. The molecule has 5 aromatic rings. The lowest BCUT2D eigenvalue weighted by atomic mass is 10.1. The molecule has 0 aliphatic heterocycles. The second-order valence-corrected chi connectivity index (χ2v) is 10.5. The minimum atomic E-state index is -3.54. The first kappa shape index (κ1) is 22.8. The average Bonchev–Trinajstić information content (AvgIpc) is 3.42. The van der Waals surface area contributed by atoms with Gasteiger partial charge in [0.05, 0.1) is 35.4 Å². The third-order valence-corrected chi connectivity index (χ3v) is 6.94. The molecule has 1 amide bonds. The molecule has 0 unspecified atom stereocenters. The lowest BCUT2D eigenvalue weighted by molar-refractivity contribution is 0.0947. The van der Waals surface area contributed by atoms with E-state index in [4.69, 9.17) is 17.3 Å². The van der Waals surface area contributed by atoms with E-state index in [0.717, 1.165) is 28.4 Å². The number of H-pyrrole nitrogens is 1. The molecule has 10 nitrogen and oxygen atoms in total. The summed E-state index contributed by atoms with van der Waals surface area (Å²) in [6.07, 6.45) is 4.11. The van der Waals surface area contributed by atoms with E-state index in [2.05, 4.69) is 25.3 Å². The first-order valence-electron chi connectivity index (χ1n) is 10.5. The number of anilines is 1. The van der Waals surface area contributed by atoms with Crippen LogP contribution in [0.25, 0.3) is 22.1 Å². The number of carbonyl (C=O) groups is 1. The number of halogens is 1. The van der Waals surface area contributed by atoms with Gasteiger partial charge in [-0.05, 0) is 35.9 Å². The fourth-order valence-electron chi connectivity index (χ4n) is 4.00. The van der Waals surface area contributed by atoms with Gasteiger partial charge in [0.1, 0.15) is 11.8 Å². The monoisotopic (exact) mass is 509 g/mol. The van der Waals surface area contributed by atoms with Crippen LogP contribution >= 0.6 is 11.6 Å². The van der Waals surface area contributed by atoms with Crippen LogP contribution in [0.15, 0.2) is 60.0 Å². The molecule has 0 aliphatic carbocycles. The van der Waals surface area contributed by atoms with Crippen LogP contribution in [-0.2, 0) is 22.9 Å². The summed E-state index contributed by atoms with van der Waals surface area (Å²) in [6, 6.07) is 11.7. The number of aromatic nitrogens is 5. The quantitative estimate of drug-likeness (QED) is 0.318. The van der Waals surface area contributed by atoms with E-state index in [1.807, 2.05) is 22.8 Å². The second-order valence-electron chi connectivity index (χ2n) is 8.08. The maximum atomic E-state index is 12.7. The Kier molecular flexibility index (Phi) is 5.65. The van der Waals surface area contributed by atoms with Gasteiger partial charge in [-0.25, -0.2) is 23.4 Å². The Labute approximate surface area is 205 Å². The van der Waals surface area contributed by atoms with Crippen molar-refractivity contribution >= 4 is 55.2 Å². The zero-order valence-electron chi connectivity index (χ0n) is 18.5. The van der Waals surface area contributed by atoms with E-state index in [0.29, 0.717) is 28.5 Å². The number of nitrogens with two attached hydrogens (primary N) is 1. The predicted molar refractivity (Wildman–Crippen MR) is 133 cm³/mol. The molecule has 3 heterocycles. The van der Waals surface area contributed by atoms with Gasteiger partial charge >= 0.3 is 0 Å². The highest BCUT2D eigenvalue weighted by Gasteiger charge is 2.18.